The first-order valence-electron chi connectivity index (χ1n) is 11.4. The summed E-state index contributed by atoms with van der Waals surface area (Å²) in [5, 5.41) is 3.35. The highest BCUT2D eigenvalue weighted by atomic mass is 35.5. The van der Waals surface area contributed by atoms with Crippen LogP contribution in [0.5, 0.6) is 0 Å². The van der Waals surface area contributed by atoms with Gasteiger partial charge in [0.1, 0.15) is 12.6 Å². The van der Waals surface area contributed by atoms with Crippen LogP contribution in [-0.4, -0.2) is 50.0 Å². The van der Waals surface area contributed by atoms with Gasteiger partial charge in [-0.15, -0.1) is 0 Å². The molecule has 7 nitrogen and oxygen atoms in total. The predicted molar refractivity (Wildman–Crippen MR) is 137 cm³/mol. The van der Waals surface area contributed by atoms with Gasteiger partial charge in [0.15, 0.2) is 0 Å². The van der Waals surface area contributed by atoms with Crippen molar-refractivity contribution in [1.82, 2.24) is 10.2 Å². The largest absolute Gasteiger partial charge is 0.352 e. The zero-order chi connectivity index (χ0) is 25.5. The summed E-state index contributed by atoms with van der Waals surface area (Å²) < 4.78 is 26.5. The highest BCUT2D eigenvalue weighted by Gasteiger charge is 2.32. The Morgan fingerprint density at radius 2 is 1.68 bits per heavy atom. The van der Waals surface area contributed by atoms with Gasteiger partial charge in [-0.3, -0.25) is 13.9 Å². The molecule has 2 atom stereocenters. The minimum atomic E-state index is -3.81. The highest BCUT2D eigenvalue weighted by molar-refractivity contribution is 7.92. The van der Waals surface area contributed by atoms with Gasteiger partial charge in [-0.2, -0.15) is 0 Å². The topological polar surface area (TPSA) is 86.8 Å². The highest BCUT2D eigenvalue weighted by Crippen LogP contribution is 2.28. The first kappa shape index (κ1) is 27.7. The van der Waals surface area contributed by atoms with Gasteiger partial charge in [-0.05, 0) is 49.9 Å². The Morgan fingerprint density at radius 1 is 1.03 bits per heavy atom. The SMILES string of the molecule is CC[C@@H](C)NC(=O)[C@@H](CC)N(Cc1ccccc1)C(=O)CN(c1cccc(Cl)c1C)S(C)(=O)=O. The van der Waals surface area contributed by atoms with E-state index in [4.69, 9.17) is 11.6 Å². The van der Waals surface area contributed by atoms with E-state index in [1.165, 1.54) is 4.90 Å². The van der Waals surface area contributed by atoms with Crippen LogP contribution in [0.25, 0.3) is 0 Å². The fourth-order valence-electron chi connectivity index (χ4n) is 3.60. The van der Waals surface area contributed by atoms with Crippen molar-refractivity contribution in [2.75, 3.05) is 17.1 Å². The number of sulfonamides is 1. The monoisotopic (exact) mass is 507 g/mol. The summed E-state index contributed by atoms with van der Waals surface area (Å²) in [5.41, 5.74) is 1.73. The summed E-state index contributed by atoms with van der Waals surface area (Å²) in [5.74, 6) is -0.731. The molecule has 0 saturated carbocycles. The minimum Gasteiger partial charge on any atom is -0.352 e. The molecule has 186 valence electrons. The second kappa shape index (κ2) is 12.2. The van der Waals surface area contributed by atoms with Crippen LogP contribution in [0.1, 0.15) is 44.7 Å². The molecule has 0 bridgehead atoms. The van der Waals surface area contributed by atoms with Crippen LogP contribution in [0.4, 0.5) is 5.69 Å². The minimum absolute atomic E-state index is 0.0446. The Morgan fingerprint density at radius 3 is 2.24 bits per heavy atom. The van der Waals surface area contributed by atoms with E-state index in [1.807, 2.05) is 51.1 Å². The molecule has 0 aliphatic carbocycles. The maximum atomic E-state index is 13.6. The Labute approximate surface area is 208 Å². The molecule has 2 amide bonds. The zero-order valence-electron chi connectivity index (χ0n) is 20.4. The van der Waals surface area contributed by atoms with Gasteiger partial charge in [0.2, 0.25) is 21.8 Å². The number of nitrogens with zero attached hydrogens (tertiary/aromatic N) is 2. The summed E-state index contributed by atoms with van der Waals surface area (Å²) in [6.45, 7) is 7.15. The molecule has 0 saturated heterocycles. The lowest BCUT2D eigenvalue weighted by Crippen LogP contribution is -2.53. The third-order valence-corrected chi connectivity index (χ3v) is 7.31. The number of anilines is 1. The summed E-state index contributed by atoms with van der Waals surface area (Å²) in [7, 11) is -3.81. The van der Waals surface area contributed by atoms with Crippen molar-refractivity contribution in [3.63, 3.8) is 0 Å². The van der Waals surface area contributed by atoms with E-state index in [0.717, 1.165) is 22.5 Å². The first-order valence-corrected chi connectivity index (χ1v) is 13.6. The lowest BCUT2D eigenvalue weighted by atomic mass is 10.1. The predicted octanol–water partition coefficient (Wildman–Crippen LogP) is 4.14. The second-order valence-corrected chi connectivity index (χ2v) is 10.7. The van der Waals surface area contributed by atoms with E-state index in [0.29, 0.717) is 22.7 Å². The molecule has 2 rings (SSSR count). The number of halogens is 1. The van der Waals surface area contributed by atoms with Gasteiger partial charge in [0.05, 0.1) is 11.9 Å². The van der Waals surface area contributed by atoms with Crippen LogP contribution in [-0.2, 0) is 26.2 Å². The molecule has 0 heterocycles. The number of hydrogen-bond acceptors (Lipinski definition) is 4. The molecule has 2 aromatic rings. The smallest absolute Gasteiger partial charge is 0.244 e. The summed E-state index contributed by atoms with van der Waals surface area (Å²) >= 11 is 6.22. The van der Waals surface area contributed by atoms with E-state index in [1.54, 1.807) is 25.1 Å². The fraction of sp³-hybridized carbons (Fsp3) is 0.440. The summed E-state index contributed by atoms with van der Waals surface area (Å²) in [6, 6.07) is 13.5. The van der Waals surface area contributed by atoms with Crippen LogP contribution < -0.4 is 9.62 Å². The maximum absolute atomic E-state index is 13.6. The van der Waals surface area contributed by atoms with Crippen molar-refractivity contribution in [1.29, 1.82) is 0 Å². The van der Waals surface area contributed by atoms with Gasteiger partial charge in [0.25, 0.3) is 0 Å². The number of hydrogen-bond donors (Lipinski definition) is 1. The molecule has 34 heavy (non-hydrogen) atoms. The third kappa shape index (κ3) is 7.21. The molecule has 0 aromatic heterocycles. The van der Waals surface area contributed by atoms with Crippen molar-refractivity contribution in [3.05, 3.63) is 64.7 Å². The number of carbonyl (C=O) groups excluding carboxylic acids is 2. The molecule has 0 radical (unpaired) electrons. The number of amides is 2. The van der Waals surface area contributed by atoms with Gasteiger partial charge >= 0.3 is 0 Å². The van der Waals surface area contributed by atoms with Crippen molar-refractivity contribution in [2.45, 2.75) is 59.2 Å². The molecule has 0 aliphatic heterocycles. The molecule has 0 unspecified atom stereocenters. The van der Waals surface area contributed by atoms with E-state index >= 15 is 0 Å². The van der Waals surface area contributed by atoms with Gasteiger partial charge < -0.3 is 10.2 Å². The Kier molecular flexibility index (Phi) is 9.94. The van der Waals surface area contributed by atoms with Crippen molar-refractivity contribution in [3.8, 4) is 0 Å². The molecule has 9 heteroatoms. The van der Waals surface area contributed by atoms with Gasteiger partial charge in [-0.25, -0.2) is 8.42 Å². The number of nitrogens with one attached hydrogen (secondary N) is 1. The van der Waals surface area contributed by atoms with Crippen molar-refractivity contribution < 1.29 is 18.0 Å². The number of benzene rings is 2. The standard InChI is InChI=1S/C25H34ClN3O4S/c1-6-18(3)27-25(31)22(7-2)28(16-20-12-9-8-10-13-20)24(30)17-29(34(5,32)33)23-15-11-14-21(26)19(23)4/h8-15,18,22H,6-7,16-17H2,1-5H3,(H,27,31)/t18-,22-/m1/s1. The Hall–Kier alpha value is -2.58. The Balaban J connectivity index is 2.46. The normalized spacial score (nSPS) is 13.1. The first-order chi connectivity index (χ1) is 16.0. The van der Waals surface area contributed by atoms with Crippen LogP contribution in [0.2, 0.25) is 5.02 Å². The van der Waals surface area contributed by atoms with E-state index in [-0.39, 0.29) is 18.5 Å². The van der Waals surface area contributed by atoms with E-state index < -0.39 is 28.5 Å². The van der Waals surface area contributed by atoms with Crippen molar-refractivity contribution >= 4 is 39.1 Å². The van der Waals surface area contributed by atoms with Gasteiger partial charge in [-0.1, -0.05) is 61.8 Å². The van der Waals surface area contributed by atoms with Crippen LogP contribution in [0, 0.1) is 6.92 Å². The summed E-state index contributed by atoms with van der Waals surface area (Å²) in [6.07, 6.45) is 2.19. The van der Waals surface area contributed by atoms with Crippen LogP contribution in [0.15, 0.2) is 48.5 Å². The zero-order valence-corrected chi connectivity index (χ0v) is 22.0. The van der Waals surface area contributed by atoms with Crippen LogP contribution in [0.3, 0.4) is 0 Å². The lowest BCUT2D eigenvalue weighted by molar-refractivity contribution is -0.140. The van der Waals surface area contributed by atoms with E-state index in [2.05, 4.69) is 5.32 Å². The quantitative estimate of drug-likeness (QED) is 0.495. The Bertz CT molecular complexity index is 1090. The molecule has 0 spiro atoms. The molecule has 2 aromatic carbocycles. The lowest BCUT2D eigenvalue weighted by Gasteiger charge is -2.33. The second-order valence-electron chi connectivity index (χ2n) is 8.40. The molecular weight excluding hydrogens is 474 g/mol. The molecular formula is C25H34ClN3O4S. The van der Waals surface area contributed by atoms with E-state index in [9.17, 15) is 18.0 Å². The average molecular weight is 508 g/mol. The molecule has 0 fully saturated rings. The van der Waals surface area contributed by atoms with Gasteiger partial charge in [0, 0.05) is 17.6 Å². The fourth-order valence-corrected chi connectivity index (χ4v) is 4.67. The third-order valence-electron chi connectivity index (χ3n) is 5.77. The number of carbonyl (C=O) groups is 2. The average Bonchev–Trinajstić information content (AvgIpc) is 2.79. The summed E-state index contributed by atoms with van der Waals surface area (Å²) in [4.78, 5) is 28.2. The van der Waals surface area contributed by atoms with Crippen molar-refractivity contribution in [2.24, 2.45) is 0 Å². The maximum Gasteiger partial charge on any atom is 0.244 e. The molecule has 0 aliphatic rings. The molecule has 1 N–H and O–H groups in total. The number of rotatable bonds is 11. The van der Waals surface area contributed by atoms with Crippen LogP contribution >= 0.6 is 11.6 Å².